The van der Waals surface area contributed by atoms with Crippen LogP contribution in [-0.2, 0) is 11.2 Å². The summed E-state index contributed by atoms with van der Waals surface area (Å²) < 4.78 is 0. The van der Waals surface area contributed by atoms with Gasteiger partial charge >= 0.3 is 0 Å². The molecule has 2 aromatic rings. The quantitative estimate of drug-likeness (QED) is 0.905. The molecule has 4 heteroatoms. The van der Waals surface area contributed by atoms with Gasteiger partial charge < -0.3 is 15.2 Å². The Labute approximate surface area is 125 Å². The van der Waals surface area contributed by atoms with Crippen molar-refractivity contribution < 1.29 is 4.79 Å². The van der Waals surface area contributed by atoms with Crippen LogP contribution in [-0.4, -0.2) is 42.0 Å². The van der Waals surface area contributed by atoms with Crippen LogP contribution in [0.5, 0.6) is 0 Å². The maximum absolute atomic E-state index is 12.1. The molecule has 0 aliphatic carbocycles. The van der Waals surface area contributed by atoms with Crippen molar-refractivity contribution in [3.8, 4) is 0 Å². The topological polar surface area (TPSA) is 48.1 Å². The van der Waals surface area contributed by atoms with Crippen molar-refractivity contribution in [1.82, 2.24) is 15.2 Å². The molecule has 1 aliphatic heterocycles. The van der Waals surface area contributed by atoms with Crippen LogP contribution in [0.1, 0.15) is 24.8 Å². The van der Waals surface area contributed by atoms with E-state index in [0.717, 1.165) is 31.4 Å². The number of nitrogens with zero attached hydrogens (tertiary/aromatic N) is 1. The summed E-state index contributed by atoms with van der Waals surface area (Å²) in [6.07, 6.45) is 5.58. The van der Waals surface area contributed by atoms with E-state index in [4.69, 9.17) is 0 Å². The molecule has 1 unspecified atom stereocenters. The molecule has 2 heterocycles. The Hall–Kier alpha value is -1.81. The Balaban J connectivity index is 1.55. The predicted octanol–water partition coefficient (Wildman–Crippen LogP) is 2.31. The summed E-state index contributed by atoms with van der Waals surface area (Å²) in [4.78, 5) is 17.6. The number of nitrogens with one attached hydrogen (secondary N) is 2. The zero-order chi connectivity index (χ0) is 14.7. The van der Waals surface area contributed by atoms with Crippen LogP contribution in [0.25, 0.3) is 10.9 Å². The molecule has 21 heavy (non-hydrogen) atoms. The average molecular weight is 285 g/mol. The lowest BCUT2D eigenvalue weighted by Crippen LogP contribution is -2.46. The van der Waals surface area contributed by atoms with Gasteiger partial charge in [-0.1, -0.05) is 12.1 Å². The van der Waals surface area contributed by atoms with Crippen molar-refractivity contribution in [1.29, 1.82) is 0 Å². The molecule has 1 saturated heterocycles. The highest BCUT2D eigenvalue weighted by atomic mass is 16.1. The number of hydrogen-bond donors (Lipinski definition) is 2. The van der Waals surface area contributed by atoms with Crippen LogP contribution in [0, 0.1) is 0 Å². The van der Waals surface area contributed by atoms with E-state index in [2.05, 4.69) is 40.4 Å². The van der Waals surface area contributed by atoms with E-state index in [9.17, 15) is 4.79 Å². The molecule has 2 N–H and O–H groups in total. The fourth-order valence-electron chi connectivity index (χ4n) is 3.20. The van der Waals surface area contributed by atoms with Crippen molar-refractivity contribution in [2.75, 3.05) is 20.1 Å². The third kappa shape index (κ3) is 3.45. The number of aryl methyl sites for hydroxylation is 1. The fraction of sp³-hybridized carbons (Fsp3) is 0.471. The van der Waals surface area contributed by atoms with Gasteiger partial charge in [0.25, 0.3) is 0 Å². The number of piperidine rings is 1. The number of carbonyl (C=O) groups excluding carboxylic acids is 1. The van der Waals surface area contributed by atoms with Gasteiger partial charge in [-0.25, -0.2) is 0 Å². The number of likely N-dealkylation sites (tertiary alicyclic amines) is 1. The van der Waals surface area contributed by atoms with Crippen LogP contribution in [0.2, 0.25) is 0 Å². The van der Waals surface area contributed by atoms with E-state index in [0.29, 0.717) is 12.5 Å². The highest BCUT2D eigenvalue weighted by Gasteiger charge is 2.18. The van der Waals surface area contributed by atoms with Crippen LogP contribution in [0.3, 0.4) is 0 Å². The first-order valence-corrected chi connectivity index (χ1v) is 7.75. The number of benzene rings is 1. The SMILES string of the molecule is CN1CCCC(NC(=O)CCc2cccc3[nH]ccc23)C1. The summed E-state index contributed by atoms with van der Waals surface area (Å²) in [7, 11) is 2.12. The monoisotopic (exact) mass is 285 g/mol. The molecular weight excluding hydrogens is 262 g/mol. The van der Waals surface area contributed by atoms with Gasteiger partial charge in [0, 0.05) is 36.1 Å². The second-order valence-electron chi connectivity index (χ2n) is 6.02. The van der Waals surface area contributed by atoms with E-state index < -0.39 is 0 Å². The number of aromatic amines is 1. The van der Waals surface area contributed by atoms with E-state index in [1.807, 2.05) is 12.3 Å². The van der Waals surface area contributed by atoms with Gasteiger partial charge in [-0.15, -0.1) is 0 Å². The van der Waals surface area contributed by atoms with Crippen molar-refractivity contribution in [3.05, 3.63) is 36.0 Å². The van der Waals surface area contributed by atoms with Gasteiger partial charge in [-0.3, -0.25) is 4.79 Å². The zero-order valence-corrected chi connectivity index (χ0v) is 12.6. The summed E-state index contributed by atoms with van der Waals surface area (Å²) in [5.74, 6) is 0.169. The Morgan fingerprint density at radius 1 is 1.43 bits per heavy atom. The largest absolute Gasteiger partial charge is 0.361 e. The number of amides is 1. The number of carbonyl (C=O) groups is 1. The standard InChI is InChI=1S/C17H23N3O/c1-20-11-3-5-14(12-20)19-17(21)8-7-13-4-2-6-16-15(13)9-10-18-16/h2,4,6,9-10,14,18H,3,5,7-8,11-12H2,1H3,(H,19,21). The first-order chi connectivity index (χ1) is 10.2. The van der Waals surface area contributed by atoms with Crippen molar-refractivity contribution in [2.45, 2.75) is 31.7 Å². The van der Waals surface area contributed by atoms with Crippen molar-refractivity contribution in [3.63, 3.8) is 0 Å². The molecule has 0 radical (unpaired) electrons. The van der Waals surface area contributed by atoms with Gasteiger partial charge in [0.15, 0.2) is 0 Å². The summed E-state index contributed by atoms with van der Waals surface area (Å²) in [5.41, 5.74) is 2.38. The predicted molar refractivity (Wildman–Crippen MR) is 85.3 cm³/mol. The number of fused-ring (bicyclic) bond motifs is 1. The molecular formula is C17H23N3O. The minimum Gasteiger partial charge on any atom is -0.361 e. The number of hydrogen-bond acceptors (Lipinski definition) is 2. The average Bonchev–Trinajstić information content (AvgIpc) is 2.94. The molecule has 1 fully saturated rings. The Morgan fingerprint density at radius 3 is 3.19 bits per heavy atom. The normalized spacial score (nSPS) is 19.8. The van der Waals surface area contributed by atoms with E-state index in [-0.39, 0.29) is 5.91 Å². The Bertz CT molecular complexity index is 619. The molecule has 0 spiro atoms. The first-order valence-electron chi connectivity index (χ1n) is 7.75. The maximum atomic E-state index is 12.1. The third-order valence-electron chi connectivity index (χ3n) is 4.30. The van der Waals surface area contributed by atoms with Crippen molar-refractivity contribution in [2.24, 2.45) is 0 Å². The molecule has 112 valence electrons. The maximum Gasteiger partial charge on any atom is 0.220 e. The summed E-state index contributed by atoms with van der Waals surface area (Å²) in [5, 5.41) is 4.40. The Morgan fingerprint density at radius 2 is 2.33 bits per heavy atom. The zero-order valence-electron chi connectivity index (χ0n) is 12.6. The highest BCUT2D eigenvalue weighted by molar-refractivity contribution is 5.84. The molecule has 1 aromatic heterocycles. The molecule has 0 saturated carbocycles. The van der Waals surface area contributed by atoms with Crippen LogP contribution >= 0.6 is 0 Å². The second-order valence-corrected chi connectivity index (χ2v) is 6.02. The number of rotatable bonds is 4. The van der Waals surface area contributed by atoms with E-state index in [1.165, 1.54) is 17.4 Å². The summed E-state index contributed by atoms with van der Waals surface area (Å²) in [6.45, 7) is 2.11. The number of aromatic nitrogens is 1. The molecule has 1 amide bonds. The Kier molecular flexibility index (Phi) is 4.25. The molecule has 1 aliphatic rings. The van der Waals surface area contributed by atoms with Gasteiger partial charge in [0.05, 0.1) is 0 Å². The molecule has 4 nitrogen and oxygen atoms in total. The number of H-pyrrole nitrogens is 1. The van der Waals surface area contributed by atoms with Gasteiger partial charge in [0.1, 0.15) is 0 Å². The smallest absolute Gasteiger partial charge is 0.220 e. The fourth-order valence-corrected chi connectivity index (χ4v) is 3.20. The van der Waals surface area contributed by atoms with E-state index >= 15 is 0 Å². The minimum atomic E-state index is 0.169. The van der Waals surface area contributed by atoms with E-state index in [1.54, 1.807) is 0 Å². The molecule has 0 bridgehead atoms. The first kappa shape index (κ1) is 14.1. The van der Waals surface area contributed by atoms with Gasteiger partial charge in [-0.2, -0.15) is 0 Å². The second kappa shape index (κ2) is 6.31. The molecule has 3 rings (SSSR count). The highest BCUT2D eigenvalue weighted by Crippen LogP contribution is 2.18. The lowest BCUT2D eigenvalue weighted by atomic mass is 10.0. The van der Waals surface area contributed by atoms with Crippen LogP contribution in [0.15, 0.2) is 30.5 Å². The summed E-state index contributed by atoms with van der Waals surface area (Å²) >= 11 is 0. The minimum absolute atomic E-state index is 0.169. The van der Waals surface area contributed by atoms with Crippen LogP contribution in [0.4, 0.5) is 0 Å². The molecule has 1 aromatic carbocycles. The lowest BCUT2D eigenvalue weighted by molar-refractivity contribution is -0.122. The lowest BCUT2D eigenvalue weighted by Gasteiger charge is -2.30. The van der Waals surface area contributed by atoms with Gasteiger partial charge in [-0.05, 0) is 50.6 Å². The van der Waals surface area contributed by atoms with Gasteiger partial charge in [0.2, 0.25) is 5.91 Å². The molecule has 1 atom stereocenters. The number of likely N-dealkylation sites (N-methyl/N-ethyl adjacent to an activating group) is 1. The third-order valence-corrected chi connectivity index (χ3v) is 4.30. The van der Waals surface area contributed by atoms with Crippen LogP contribution < -0.4 is 5.32 Å². The van der Waals surface area contributed by atoms with Crippen molar-refractivity contribution >= 4 is 16.8 Å². The summed E-state index contributed by atoms with van der Waals surface area (Å²) in [6, 6.07) is 8.62.